The van der Waals surface area contributed by atoms with Crippen molar-refractivity contribution in [3.8, 4) is 0 Å². The maximum atomic E-state index is 11.7. The molecule has 0 aromatic heterocycles. The lowest BCUT2D eigenvalue weighted by molar-refractivity contribution is -0.129. The summed E-state index contributed by atoms with van der Waals surface area (Å²) in [5, 5.41) is 0. The van der Waals surface area contributed by atoms with Gasteiger partial charge in [-0.15, -0.1) is 0 Å². The molecule has 0 spiro atoms. The molecule has 7 nitrogen and oxygen atoms in total. The van der Waals surface area contributed by atoms with E-state index in [1.165, 1.54) is 0 Å². The second kappa shape index (κ2) is 8.48. The highest BCUT2D eigenvalue weighted by molar-refractivity contribution is 6.44. The van der Waals surface area contributed by atoms with Crippen LogP contribution >= 0.6 is 0 Å². The zero-order valence-electron chi connectivity index (χ0n) is 12.9. The van der Waals surface area contributed by atoms with E-state index >= 15 is 0 Å². The molecule has 0 saturated carbocycles. The van der Waals surface area contributed by atoms with Crippen molar-refractivity contribution in [3.05, 3.63) is 0 Å². The van der Waals surface area contributed by atoms with Gasteiger partial charge in [0.15, 0.2) is 0 Å². The lowest BCUT2D eigenvalue weighted by atomic mass is 9.78. The Morgan fingerprint density at radius 1 is 1.57 bits per heavy atom. The van der Waals surface area contributed by atoms with Gasteiger partial charge in [-0.2, -0.15) is 0 Å². The largest absolute Gasteiger partial charge is 0.456 e. The Morgan fingerprint density at radius 3 is 2.81 bits per heavy atom. The van der Waals surface area contributed by atoms with Crippen LogP contribution in [0.3, 0.4) is 0 Å². The molecule has 1 rings (SSSR count). The van der Waals surface area contributed by atoms with E-state index in [2.05, 4.69) is 0 Å². The van der Waals surface area contributed by atoms with Crippen molar-refractivity contribution in [2.24, 2.45) is 17.4 Å². The molecule has 0 aromatic carbocycles. The first-order chi connectivity index (χ1) is 10.0. The highest BCUT2D eigenvalue weighted by atomic mass is 16.6. The molecule has 120 valence electrons. The van der Waals surface area contributed by atoms with Gasteiger partial charge in [0.25, 0.3) is 0 Å². The van der Waals surface area contributed by atoms with E-state index < -0.39 is 5.54 Å². The summed E-state index contributed by atoms with van der Waals surface area (Å²) in [6, 6.07) is 0. The van der Waals surface area contributed by atoms with Gasteiger partial charge < -0.3 is 30.5 Å². The molecule has 0 aromatic rings. The second-order valence-corrected chi connectivity index (χ2v) is 5.46. The summed E-state index contributed by atoms with van der Waals surface area (Å²) >= 11 is 0. The molecule has 1 amide bonds. The van der Waals surface area contributed by atoms with Gasteiger partial charge in [0.2, 0.25) is 5.91 Å². The molecule has 8 heteroatoms. The lowest BCUT2D eigenvalue weighted by Crippen LogP contribution is -2.50. The summed E-state index contributed by atoms with van der Waals surface area (Å²) in [5.74, 6) is -0.220. The Hall–Kier alpha value is -0.955. The molecule has 1 saturated heterocycles. The highest BCUT2D eigenvalue weighted by Gasteiger charge is 2.44. The van der Waals surface area contributed by atoms with Gasteiger partial charge in [-0.05, 0) is 19.7 Å². The molecule has 0 aliphatic carbocycles. The Balaban J connectivity index is 2.52. The maximum Gasteiger partial charge on any atom is 0.456 e. The normalized spacial score (nSPS) is 25.1. The van der Waals surface area contributed by atoms with Gasteiger partial charge >= 0.3 is 7.12 Å². The SMILES string of the molecule is CCOB(CCCC1CN(C(=O)CN)C[C@@]1(N)C=O)OC. The number of aldehydes is 1. The van der Waals surface area contributed by atoms with E-state index in [0.29, 0.717) is 13.2 Å². The number of hydrogen-bond donors (Lipinski definition) is 2. The second-order valence-electron chi connectivity index (χ2n) is 5.46. The molecule has 2 atom stereocenters. The molecule has 0 radical (unpaired) electrons. The van der Waals surface area contributed by atoms with Crippen LogP contribution in [0.4, 0.5) is 0 Å². The summed E-state index contributed by atoms with van der Waals surface area (Å²) in [6.45, 7) is 3.18. The Bertz CT molecular complexity index is 358. The van der Waals surface area contributed by atoms with Crippen molar-refractivity contribution in [1.82, 2.24) is 4.90 Å². The Morgan fingerprint density at radius 2 is 2.29 bits per heavy atom. The highest BCUT2D eigenvalue weighted by Crippen LogP contribution is 2.28. The predicted octanol–water partition coefficient (Wildman–Crippen LogP) is -0.749. The Kier molecular flexibility index (Phi) is 7.31. The van der Waals surface area contributed by atoms with E-state index in [0.717, 1.165) is 25.4 Å². The van der Waals surface area contributed by atoms with Crippen molar-refractivity contribution in [2.75, 3.05) is 33.4 Å². The molecule has 1 heterocycles. The maximum absolute atomic E-state index is 11.7. The topological polar surface area (TPSA) is 108 Å². The van der Waals surface area contributed by atoms with E-state index in [4.69, 9.17) is 20.8 Å². The standard InChI is InChI=1S/C13H26BN3O4/c1-3-21-14(20-2)6-4-5-11-8-17(12(19)7-15)9-13(11,16)10-18/h10-11H,3-9,15-16H2,1-2H3/t11?,13-/m1/s1. The number of likely N-dealkylation sites (tertiary alicyclic amines) is 1. The van der Waals surface area contributed by atoms with Crippen molar-refractivity contribution in [2.45, 2.75) is 31.6 Å². The molecule has 21 heavy (non-hydrogen) atoms. The molecular formula is C13H26BN3O4. The van der Waals surface area contributed by atoms with Gasteiger partial charge in [-0.1, -0.05) is 6.42 Å². The van der Waals surface area contributed by atoms with Crippen molar-refractivity contribution < 1.29 is 18.9 Å². The molecule has 1 aliphatic rings. The van der Waals surface area contributed by atoms with E-state index in [1.54, 1.807) is 12.0 Å². The minimum atomic E-state index is -0.973. The molecule has 0 bridgehead atoms. The fourth-order valence-electron chi connectivity index (χ4n) is 2.76. The van der Waals surface area contributed by atoms with Crippen molar-refractivity contribution in [1.29, 1.82) is 0 Å². The minimum Gasteiger partial charge on any atom is -0.414 e. The average Bonchev–Trinajstić information content (AvgIpc) is 2.83. The van der Waals surface area contributed by atoms with Crippen molar-refractivity contribution in [3.63, 3.8) is 0 Å². The Labute approximate surface area is 126 Å². The molecule has 1 aliphatic heterocycles. The van der Waals surface area contributed by atoms with Crippen LogP contribution < -0.4 is 11.5 Å². The summed E-state index contributed by atoms with van der Waals surface area (Å²) in [5.41, 5.74) is 10.5. The third-order valence-corrected chi connectivity index (χ3v) is 4.02. The number of rotatable bonds is 9. The number of nitrogens with two attached hydrogens (primary N) is 2. The number of hydrogen-bond acceptors (Lipinski definition) is 6. The third kappa shape index (κ3) is 4.77. The zero-order chi connectivity index (χ0) is 15.9. The lowest BCUT2D eigenvalue weighted by Gasteiger charge is -2.23. The van der Waals surface area contributed by atoms with Crippen LogP contribution in [0, 0.1) is 5.92 Å². The van der Waals surface area contributed by atoms with Crippen LogP contribution in [0.15, 0.2) is 0 Å². The van der Waals surface area contributed by atoms with Crippen LogP contribution in [0.2, 0.25) is 6.32 Å². The van der Waals surface area contributed by atoms with Crippen molar-refractivity contribution >= 4 is 19.3 Å². The quantitative estimate of drug-likeness (QED) is 0.428. The number of amides is 1. The predicted molar refractivity (Wildman–Crippen MR) is 80.5 cm³/mol. The summed E-state index contributed by atoms with van der Waals surface area (Å²) in [6.07, 6.45) is 3.07. The van der Waals surface area contributed by atoms with E-state index in [1.807, 2.05) is 6.92 Å². The number of nitrogens with zero attached hydrogens (tertiary/aromatic N) is 1. The molecule has 4 N–H and O–H groups in total. The monoisotopic (exact) mass is 299 g/mol. The van der Waals surface area contributed by atoms with Crippen LogP contribution in [-0.4, -0.2) is 63.1 Å². The smallest absolute Gasteiger partial charge is 0.414 e. The summed E-state index contributed by atoms with van der Waals surface area (Å²) in [7, 11) is 1.37. The van der Waals surface area contributed by atoms with Gasteiger partial charge in [-0.25, -0.2) is 0 Å². The van der Waals surface area contributed by atoms with Gasteiger partial charge in [-0.3, -0.25) is 4.79 Å². The first-order valence-electron chi connectivity index (χ1n) is 7.38. The average molecular weight is 299 g/mol. The summed E-state index contributed by atoms with van der Waals surface area (Å²) < 4.78 is 10.6. The first-order valence-corrected chi connectivity index (χ1v) is 7.38. The molecular weight excluding hydrogens is 273 g/mol. The number of carbonyl (C=O) groups excluding carboxylic acids is 2. The van der Waals surface area contributed by atoms with Gasteiger partial charge in [0.05, 0.1) is 12.1 Å². The fourth-order valence-corrected chi connectivity index (χ4v) is 2.76. The minimum absolute atomic E-state index is 0.0513. The number of carbonyl (C=O) groups is 2. The van der Waals surface area contributed by atoms with Crippen LogP contribution in [-0.2, 0) is 18.9 Å². The van der Waals surface area contributed by atoms with Crippen LogP contribution in [0.1, 0.15) is 19.8 Å². The van der Waals surface area contributed by atoms with Crippen LogP contribution in [0.25, 0.3) is 0 Å². The van der Waals surface area contributed by atoms with E-state index in [9.17, 15) is 9.59 Å². The fraction of sp³-hybridized carbons (Fsp3) is 0.846. The van der Waals surface area contributed by atoms with E-state index in [-0.39, 0.29) is 32.0 Å². The molecule has 1 fully saturated rings. The van der Waals surface area contributed by atoms with Gasteiger partial charge in [0.1, 0.15) is 6.29 Å². The third-order valence-electron chi connectivity index (χ3n) is 4.02. The summed E-state index contributed by atoms with van der Waals surface area (Å²) in [4.78, 5) is 24.6. The van der Waals surface area contributed by atoms with Gasteiger partial charge in [0, 0.05) is 32.7 Å². The molecule has 1 unspecified atom stereocenters. The zero-order valence-corrected chi connectivity index (χ0v) is 12.9. The van der Waals surface area contributed by atoms with Crippen LogP contribution in [0.5, 0.6) is 0 Å². The first kappa shape index (κ1) is 18.1.